The van der Waals surface area contributed by atoms with E-state index in [-0.39, 0.29) is 11.9 Å². The third-order valence-corrected chi connectivity index (χ3v) is 3.20. The predicted octanol–water partition coefficient (Wildman–Crippen LogP) is 2.32. The second kappa shape index (κ2) is 8.78. The summed E-state index contributed by atoms with van der Waals surface area (Å²) in [5.41, 5.74) is 0. The number of rotatable bonds is 8. The first kappa shape index (κ1) is 16.7. The zero-order valence-electron chi connectivity index (χ0n) is 11.9. The van der Waals surface area contributed by atoms with Crippen molar-refractivity contribution in [3.63, 3.8) is 0 Å². The fourth-order valence-electron chi connectivity index (χ4n) is 1.63. The van der Waals surface area contributed by atoms with Gasteiger partial charge in [-0.15, -0.1) is 0 Å². The summed E-state index contributed by atoms with van der Waals surface area (Å²) in [5, 5.41) is 11.7. The molecule has 0 heterocycles. The van der Waals surface area contributed by atoms with E-state index < -0.39 is 12.0 Å². The Kier molecular flexibility index (Phi) is 8.16. The normalized spacial score (nSPS) is 13.8. The molecule has 0 aliphatic rings. The van der Waals surface area contributed by atoms with Crippen LogP contribution in [0.2, 0.25) is 0 Å². The molecule has 0 aromatic carbocycles. The summed E-state index contributed by atoms with van der Waals surface area (Å²) in [4.78, 5) is 24.5. The zero-order chi connectivity index (χ0) is 14.1. The number of carbonyl (C=O) groups excluding carboxylic acids is 1. The van der Waals surface area contributed by atoms with Crippen molar-refractivity contribution in [2.24, 2.45) is 5.92 Å². The molecule has 18 heavy (non-hydrogen) atoms. The van der Waals surface area contributed by atoms with Gasteiger partial charge in [0.2, 0.25) is 0 Å². The number of hydrogen-bond acceptors (Lipinski definition) is 2. The van der Waals surface area contributed by atoms with E-state index in [0.717, 1.165) is 25.7 Å². The minimum atomic E-state index is -0.973. The molecule has 0 aromatic heterocycles. The molecule has 2 atom stereocenters. The van der Waals surface area contributed by atoms with Gasteiger partial charge in [-0.05, 0) is 12.3 Å². The maximum atomic E-state index is 11.8. The summed E-state index contributed by atoms with van der Waals surface area (Å²) in [7, 11) is 1.69. The molecule has 0 bridgehead atoms. The number of carbonyl (C=O) groups is 2. The average Bonchev–Trinajstić information content (AvgIpc) is 2.34. The Labute approximate surface area is 110 Å². The van der Waals surface area contributed by atoms with E-state index in [4.69, 9.17) is 5.11 Å². The molecule has 0 fully saturated rings. The van der Waals surface area contributed by atoms with Crippen molar-refractivity contribution in [3.8, 4) is 0 Å². The van der Waals surface area contributed by atoms with Gasteiger partial charge < -0.3 is 15.3 Å². The van der Waals surface area contributed by atoms with E-state index in [1.54, 1.807) is 11.9 Å². The van der Waals surface area contributed by atoms with E-state index in [9.17, 15) is 9.59 Å². The summed E-state index contributed by atoms with van der Waals surface area (Å²) in [6, 6.07) is -1.12. The Bertz CT molecular complexity index is 269. The smallest absolute Gasteiger partial charge is 0.326 e. The van der Waals surface area contributed by atoms with Gasteiger partial charge in [-0.3, -0.25) is 0 Å². The van der Waals surface area contributed by atoms with Crippen molar-refractivity contribution in [1.29, 1.82) is 0 Å². The highest BCUT2D eigenvalue weighted by Gasteiger charge is 2.26. The van der Waals surface area contributed by atoms with Gasteiger partial charge in [0.25, 0.3) is 0 Å². The highest BCUT2D eigenvalue weighted by molar-refractivity contribution is 5.82. The topological polar surface area (TPSA) is 69.6 Å². The molecule has 0 radical (unpaired) electrons. The molecule has 0 rings (SSSR count). The Morgan fingerprint density at radius 2 is 1.89 bits per heavy atom. The predicted molar refractivity (Wildman–Crippen MR) is 71.6 cm³/mol. The molecule has 0 aliphatic heterocycles. The maximum Gasteiger partial charge on any atom is 0.326 e. The van der Waals surface area contributed by atoms with Gasteiger partial charge in [-0.2, -0.15) is 0 Å². The first-order valence-electron chi connectivity index (χ1n) is 6.68. The number of aliphatic carboxylic acids is 1. The average molecular weight is 258 g/mol. The summed E-state index contributed by atoms with van der Waals surface area (Å²) in [6.45, 7) is 6.50. The number of hydrogen-bond donors (Lipinski definition) is 2. The Hall–Kier alpha value is -1.26. The van der Waals surface area contributed by atoms with E-state index in [2.05, 4.69) is 12.2 Å². The van der Waals surface area contributed by atoms with Crippen molar-refractivity contribution in [3.05, 3.63) is 0 Å². The lowest BCUT2D eigenvalue weighted by Gasteiger charge is -2.24. The van der Waals surface area contributed by atoms with Crippen LogP contribution in [0.25, 0.3) is 0 Å². The molecule has 106 valence electrons. The van der Waals surface area contributed by atoms with Gasteiger partial charge in [0, 0.05) is 13.6 Å². The highest BCUT2D eigenvalue weighted by atomic mass is 16.4. The third kappa shape index (κ3) is 5.89. The fourth-order valence-corrected chi connectivity index (χ4v) is 1.63. The van der Waals surface area contributed by atoms with Crippen LogP contribution in [0.4, 0.5) is 4.79 Å². The first-order chi connectivity index (χ1) is 8.43. The lowest BCUT2D eigenvalue weighted by atomic mass is 9.99. The fraction of sp³-hybridized carbons (Fsp3) is 0.846. The lowest BCUT2D eigenvalue weighted by Crippen LogP contribution is -2.49. The second-order valence-electron chi connectivity index (χ2n) is 4.78. The zero-order valence-corrected chi connectivity index (χ0v) is 11.9. The minimum absolute atomic E-state index is 0.0736. The molecule has 2 amide bonds. The molecule has 0 aromatic rings. The van der Waals surface area contributed by atoms with Crippen molar-refractivity contribution >= 4 is 12.0 Å². The second-order valence-corrected chi connectivity index (χ2v) is 4.78. The largest absolute Gasteiger partial charge is 0.480 e. The van der Waals surface area contributed by atoms with Crippen molar-refractivity contribution in [2.45, 2.75) is 52.5 Å². The molecule has 0 aliphatic carbocycles. The molecule has 5 heteroatoms. The number of urea groups is 1. The lowest BCUT2D eigenvalue weighted by molar-refractivity contribution is -0.140. The molecule has 5 nitrogen and oxygen atoms in total. The highest BCUT2D eigenvalue weighted by Crippen LogP contribution is 2.08. The van der Waals surface area contributed by atoms with Crippen LogP contribution < -0.4 is 5.32 Å². The van der Waals surface area contributed by atoms with E-state index in [1.807, 2.05) is 13.8 Å². The molecule has 2 unspecified atom stereocenters. The molecule has 0 saturated heterocycles. The summed E-state index contributed by atoms with van der Waals surface area (Å²) in [6.07, 6.45) is 3.84. The van der Waals surface area contributed by atoms with Crippen LogP contribution in [0, 0.1) is 5.92 Å². The van der Waals surface area contributed by atoms with Crippen molar-refractivity contribution in [1.82, 2.24) is 10.2 Å². The van der Waals surface area contributed by atoms with Crippen LogP contribution in [0.1, 0.15) is 46.5 Å². The Morgan fingerprint density at radius 1 is 1.28 bits per heavy atom. The summed E-state index contributed by atoms with van der Waals surface area (Å²) in [5.74, 6) is -1.05. The van der Waals surface area contributed by atoms with Crippen LogP contribution in [0.5, 0.6) is 0 Å². The number of nitrogens with one attached hydrogen (secondary N) is 1. The minimum Gasteiger partial charge on any atom is -0.480 e. The number of amides is 2. The number of carboxylic acid groups (broad SMARTS) is 1. The van der Waals surface area contributed by atoms with Gasteiger partial charge in [0.1, 0.15) is 6.04 Å². The number of nitrogens with zero attached hydrogens (tertiary/aromatic N) is 1. The third-order valence-electron chi connectivity index (χ3n) is 3.20. The molecule has 2 N–H and O–H groups in total. The molecular weight excluding hydrogens is 232 g/mol. The van der Waals surface area contributed by atoms with Crippen molar-refractivity contribution < 1.29 is 14.7 Å². The van der Waals surface area contributed by atoms with Crippen LogP contribution >= 0.6 is 0 Å². The van der Waals surface area contributed by atoms with Gasteiger partial charge in [0.05, 0.1) is 0 Å². The van der Waals surface area contributed by atoms with Gasteiger partial charge in [0.15, 0.2) is 0 Å². The van der Waals surface area contributed by atoms with Gasteiger partial charge in [-0.1, -0.05) is 40.0 Å². The monoisotopic (exact) mass is 258 g/mol. The molecule has 0 spiro atoms. The van der Waals surface area contributed by atoms with Crippen LogP contribution in [-0.2, 0) is 4.79 Å². The van der Waals surface area contributed by atoms with Crippen LogP contribution in [0.3, 0.4) is 0 Å². The van der Waals surface area contributed by atoms with Crippen LogP contribution in [0.15, 0.2) is 0 Å². The Morgan fingerprint density at radius 3 is 2.33 bits per heavy atom. The van der Waals surface area contributed by atoms with Crippen LogP contribution in [-0.4, -0.2) is 41.6 Å². The first-order valence-corrected chi connectivity index (χ1v) is 6.68. The SMILES string of the molecule is CCCCCN(C)C(=O)NC(C(=O)O)C(C)CC. The van der Waals surface area contributed by atoms with E-state index in [0.29, 0.717) is 6.54 Å². The van der Waals surface area contributed by atoms with Crippen molar-refractivity contribution in [2.75, 3.05) is 13.6 Å². The quantitative estimate of drug-likeness (QED) is 0.656. The molecular formula is C13H26N2O3. The summed E-state index contributed by atoms with van der Waals surface area (Å²) < 4.78 is 0. The van der Waals surface area contributed by atoms with E-state index in [1.165, 1.54) is 0 Å². The number of carboxylic acids is 1. The maximum absolute atomic E-state index is 11.8. The van der Waals surface area contributed by atoms with Gasteiger partial charge >= 0.3 is 12.0 Å². The van der Waals surface area contributed by atoms with E-state index >= 15 is 0 Å². The molecule has 0 saturated carbocycles. The summed E-state index contributed by atoms with van der Waals surface area (Å²) >= 11 is 0. The van der Waals surface area contributed by atoms with Gasteiger partial charge in [-0.25, -0.2) is 9.59 Å². The standard InChI is InChI=1S/C13H26N2O3/c1-5-7-8-9-15(4)13(18)14-11(12(16)17)10(3)6-2/h10-11H,5-9H2,1-4H3,(H,14,18)(H,16,17). The number of unbranched alkanes of at least 4 members (excludes halogenated alkanes) is 2. The Balaban J connectivity index is 4.28.